The van der Waals surface area contributed by atoms with Gasteiger partial charge in [-0.05, 0) is 55.7 Å². The molecule has 1 amide bonds. The van der Waals surface area contributed by atoms with Gasteiger partial charge in [0.2, 0.25) is 5.91 Å². The van der Waals surface area contributed by atoms with E-state index in [0.717, 1.165) is 62.3 Å². The highest BCUT2D eigenvalue weighted by Gasteiger charge is 2.10. The molecule has 1 aromatic heterocycles. The Morgan fingerprint density at radius 2 is 1.86 bits per heavy atom. The monoisotopic (exact) mass is 413 g/mol. The molecule has 154 valence electrons. The Bertz CT molecular complexity index is 922. The van der Waals surface area contributed by atoms with Gasteiger partial charge in [0.25, 0.3) is 0 Å². The molecule has 3 rings (SSSR count). The minimum Gasteiger partial charge on any atom is -0.494 e. The van der Waals surface area contributed by atoms with E-state index in [1.54, 1.807) is 6.92 Å². The zero-order chi connectivity index (χ0) is 20.5. The van der Waals surface area contributed by atoms with Gasteiger partial charge in [-0.3, -0.25) is 4.79 Å². The summed E-state index contributed by atoms with van der Waals surface area (Å²) in [4.78, 5) is 15.8. The number of hydrogen-bond donors (Lipinski definition) is 1. The number of unbranched alkanes of at least 4 members (excludes halogenated alkanes) is 2. The van der Waals surface area contributed by atoms with Crippen LogP contribution in [0.25, 0.3) is 11.0 Å². The lowest BCUT2D eigenvalue weighted by Gasteiger charge is -2.11. The number of halogens is 1. The zero-order valence-corrected chi connectivity index (χ0v) is 17.6. The highest BCUT2D eigenvalue weighted by molar-refractivity contribution is 6.30. The third-order valence-corrected chi connectivity index (χ3v) is 5.05. The first kappa shape index (κ1) is 21.2. The second-order valence-corrected chi connectivity index (χ2v) is 7.55. The Kier molecular flexibility index (Phi) is 7.94. The number of fused-ring (bicyclic) bond motifs is 1. The number of ether oxygens (including phenoxy) is 1. The van der Waals surface area contributed by atoms with Crippen LogP contribution in [0.4, 0.5) is 0 Å². The fourth-order valence-electron chi connectivity index (χ4n) is 3.36. The molecule has 0 aliphatic rings. The molecule has 0 atom stereocenters. The number of nitrogens with one attached hydrogen (secondary N) is 1. The molecule has 0 aliphatic heterocycles. The number of para-hydroxylation sites is 2. The van der Waals surface area contributed by atoms with Crippen molar-refractivity contribution in [2.45, 2.75) is 45.6 Å². The Hall–Kier alpha value is -2.53. The summed E-state index contributed by atoms with van der Waals surface area (Å²) in [5.41, 5.74) is 2.21. The van der Waals surface area contributed by atoms with E-state index >= 15 is 0 Å². The summed E-state index contributed by atoms with van der Waals surface area (Å²) in [6, 6.07) is 15.7. The Morgan fingerprint density at radius 1 is 1.07 bits per heavy atom. The van der Waals surface area contributed by atoms with Crippen molar-refractivity contribution in [1.82, 2.24) is 14.9 Å². The minimum absolute atomic E-state index is 0.0348. The number of benzene rings is 2. The van der Waals surface area contributed by atoms with Gasteiger partial charge in [-0.2, -0.15) is 0 Å². The van der Waals surface area contributed by atoms with Gasteiger partial charge in [0, 0.05) is 31.5 Å². The number of carbonyl (C=O) groups excluding carboxylic acids is 1. The van der Waals surface area contributed by atoms with E-state index in [0.29, 0.717) is 11.6 Å². The molecule has 0 unspecified atom stereocenters. The molecule has 29 heavy (non-hydrogen) atoms. The highest BCUT2D eigenvalue weighted by Crippen LogP contribution is 2.19. The molecule has 0 spiro atoms. The van der Waals surface area contributed by atoms with Gasteiger partial charge in [-0.15, -0.1) is 0 Å². The Morgan fingerprint density at radius 3 is 2.66 bits per heavy atom. The van der Waals surface area contributed by atoms with E-state index in [4.69, 9.17) is 21.3 Å². The van der Waals surface area contributed by atoms with Crippen LogP contribution in [0.3, 0.4) is 0 Å². The fraction of sp³-hybridized carbons (Fsp3) is 0.391. The van der Waals surface area contributed by atoms with Crippen LogP contribution >= 0.6 is 11.6 Å². The average molecular weight is 414 g/mol. The number of rotatable bonds is 11. The molecule has 0 saturated carbocycles. The topological polar surface area (TPSA) is 56.2 Å². The third kappa shape index (κ3) is 6.50. The molecule has 0 bridgehead atoms. The third-order valence-electron chi connectivity index (χ3n) is 4.79. The quantitative estimate of drug-likeness (QED) is 0.449. The Balaban J connectivity index is 1.53. The van der Waals surface area contributed by atoms with Crippen LogP contribution in [0.1, 0.15) is 38.4 Å². The van der Waals surface area contributed by atoms with Gasteiger partial charge in [0.15, 0.2) is 0 Å². The molecule has 3 aromatic rings. The molecule has 5 nitrogen and oxygen atoms in total. The lowest BCUT2D eigenvalue weighted by Crippen LogP contribution is -2.20. The summed E-state index contributed by atoms with van der Waals surface area (Å²) in [6.07, 6.45) is 4.97. The summed E-state index contributed by atoms with van der Waals surface area (Å²) < 4.78 is 8.14. The van der Waals surface area contributed by atoms with Gasteiger partial charge < -0.3 is 14.6 Å². The molecule has 0 aliphatic carbocycles. The van der Waals surface area contributed by atoms with E-state index in [-0.39, 0.29) is 5.91 Å². The standard InChI is InChI=1S/C23H28ClN3O2/c1-18(28)25-15-6-2-3-10-23-26-21-8-4-5-9-22(21)27(23)16-7-17-29-20-13-11-19(24)12-14-20/h4-5,8-9,11-14H,2-3,6-7,10,15-17H2,1H3,(H,25,28). The number of carbonyl (C=O) groups is 1. The molecular formula is C23H28ClN3O2. The van der Waals surface area contributed by atoms with E-state index in [1.165, 1.54) is 5.52 Å². The van der Waals surface area contributed by atoms with E-state index in [2.05, 4.69) is 28.1 Å². The van der Waals surface area contributed by atoms with E-state index in [9.17, 15) is 4.79 Å². The van der Waals surface area contributed by atoms with Crippen molar-refractivity contribution in [1.29, 1.82) is 0 Å². The van der Waals surface area contributed by atoms with Gasteiger partial charge in [-0.25, -0.2) is 4.98 Å². The van der Waals surface area contributed by atoms with Crippen LogP contribution in [0.5, 0.6) is 5.75 Å². The normalized spacial score (nSPS) is 11.0. The van der Waals surface area contributed by atoms with E-state index < -0.39 is 0 Å². The van der Waals surface area contributed by atoms with Gasteiger partial charge in [0.05, 0.1) is 17.6 Å². The van der Waals surface area contributed by atoms with Crippen LogP contribution in [0.15, 0.2) is 48.5 Å². The van der Waals surface area contributed by atoms with Crippen molar-refractivity contribution in [3.05, 3.63) is 59.4 Å². The maximum Gasteiger partial charge on any atom is 0.216 e. The first-order valence-corrected chi connectivity index (χ1v) is 10.6. The van der Waals surface area contributed by atoms with Crippen LogP contribution in [-0.4, -0.2) is 28.6 Å². The van der Waals surface area contributed by atoms with Crippen molar-refractivity contribution in [2.75, 3.05) is 13.2 Å². The maximum atomic E-state index is 10.9. The van der Waals surface area contributed by atoms with Gasteiger partial charge in [-0.1, -0.05) is 30.2 Å². The van der Waals surface area contributed by atoms with Crippen LogP contribution in [-0.2, 0) is 17.8 Å². The molecule has 0 saturated heterocycles. The van der Waals surface area contributed by atoms with Crippen molar-refractivity contribution < 1.29 is 9.53 Å². The number of aromatic nitrogens is 2. The second kappa shape index (κ2) is 10.9. The zero-order valence-electron chi connectivity index (χ0n) is 16.9. The van der Waals surface area contributed by atoms with Crippen LogP contribution < -0.4 is 10.1 Å². The summed E-state index contributed by atoms with van der Waals surface area (Å²) in [6.45, 7) is 3.81. The minimum atomic E-state index is 0.0348. The van der Waals surface area contributed by atoms with Crippen molar-refractivity contribution in [3.63, 3.8) is 0 Å². The first-order chi connectivity index (χ1) is 14.1. The van der Waals surface area contributed by atoms with Crippen molar-refractivity contribution in [3.8, 4) is 5.75 Å². The smallest absolute Gasteiger partial charge is 0.216 e. The van der Waals surface area contributed by atoms with Crippen LogP contribution in [0, 0.1) is 0 Å². The lowest BCUT2D eigenvalue weighted by atomic mass is 10.2. The van der Waals surface area contributed by atoms with Gasteiger partial charge in [0.1, 0.15) is 11.6 Å². The summed E-state index contributed by atoms with van der Waals surface area (Å²) in [5.74, 6) is 1.99. The molecule has 1 heterocycles. The predicted octanol–water partition coefficient (Wildman–Crippen LogP) is 5.01. The summed E-state index contributed by atoms with van der Waals surface area (Å²) in [7, 11) is 0. The fourth-order valence-corrected chi connectivity index (χ4v) is 3.48. The second-order valence-electron chi connectivity index (χ2n) is 7.12. The molecule has 0 radical (unpaired) electrons. The predicted molar refractivity (Wildman–Crippen MR) is 118 cm³/mol. The van der Waals surface area contributed by atoms with E-state index in [1.807, 2.05) is 30.3 Å². The number of hydrogen-bond acceptors (Lipinski definition) is 3. The SMILES string of the molecule is CC(=O)NCCCCCc1nc2ccccc2n1CCCOc1ccc(Cl)cc1. The molecule has 2 aromatic carbocycles. The van der Waals surface area contributed by atoms with Crippen molar-refractivity contribution >= 4 is 28.5 Å². The van der Waals surface area contributed by atoms with Crippen LogP contribution in [0.2, 0.25) is 5.02 Å². The van der Waals surface area contributed by atoms with Crippen molar-refractivity contribution in [2.24, 2.45) is 0 Å². The first-order valence-electron chi connectivity index (χ1n) is 10.2. The number of aryl methyl sites for hydroxylation is 2. The molecule has 0 fully saturated rings. The highest BCUT2D eigenvalue weighted by atomic mass is 35.5. The number of amides is 1. The molecule has 1 N–H and O–H groups in total. The molecular weight excluding hydrogens is 386 g/mol. The maximum absolute atomic E-state index is 10.9. The molecule has 6 heteroatoms. The average Bonchev–Trinajstić information content (AvgIpc) is 3.06. The summed E-state index contributed by atoms with van der Waals surface area (Å²) in [5, 5.41) is 3.56. The summed E-state index contributed by atoms with van der Waals surface area (Å²) >= 11 is 5.91. The lowest BCUT2D eigenvalue weighted by molar-refractivity contribution is -0.118. The largest absolute Gasteiger partial charge is 0.494 e. The van der Waals surface area contributed by atoms with Gasteiger partial charge >= 0.3 is 0 Å². The number of nitrogens with zero attached hydrogens (tertiary/aromatic N) is 2. The Labute approximate surface area is 177 Å². The number of imidazole rings is 1.